The number of ether oxygens (including phenoxy) is 2. The van der Waals surface area contributed by atoms with Gasteiger partial charge in [-0.15, -0.1) is 36.2 Å². The van der Waals surface area contributed by atoms with Crippen LogP contribution in [0, 0.1) is 6.92 Å². The number of halogens is 2. The molecule has 0 fully saturated rings. The quantitative estimate of drug-likeness (QED) is 0.639. The minimum absolute atomic E-state index is 0. The molecule has 0 aliphatic heterocycles. The molecule has 0 aliphatic carbocycles. The lowest BCUT2D eigenvalue weighted by Gasteiger charge is -2.08. The molecule has 0 saturated carbocycles. The Morgan fingerprint density at radius 1 is 1.15 bits per heavy atom. The van der Waals surface area contributed by atoms with Crippen LogP contribution in [0.2, 0.25) is 0 Å². The number of aromatic nitrogens is 1. The van der Waals surface area contributed by atoms with Crippen LogP contribution in [-0.2, 0) is 0 Å². The van der Waals surface area contributed by atoms with Gasteiger partial charge >= 0.3 is 0 Å². The van der Waals surface area contributed by atoms with Crippen molar-refractivity contribution in [1.29, 1.82) is 0 Å². The molecule has 2 N–H and O–H groups in total. The van der Waals surface area contributed by atoms with Crippen LogP contribution in [0.4, 0.5) is 0 Å². The number of aryl methyl sites for hydroxylation is 1. The fraction of sp³-hybridized carbons (Fsp3) is 0.412. The summed E-state index contributed by atoms with van der Waals surface area (Å²) in [7, 11) is 5.09. The number of carbonyl (C=O) groups is 1. The zero-order valence-electron chi connectivity index (χ0n) is 15.3. The third-order valence-electron chi connectivity index (χ3n) is 3.52. The highest BCUT2D eigenvalue weighted by Gasteiger charge is 2.17. The summed E-state index contributed by atoms with van der Waals surface area (Å²) < 4.78 is 10.6. The molecule has 0 atom stereocenters. The van der Waals surface area contributed by atoms with Crippen molar-refractivity contribution in [3.05, 3.63) is 28.8 Å². The van der Waals surface area contributed by atoms with Crippen molar-refractivity contribution >= 4 is 42.1 Å². The highest BCUT2D eigenvalue weighted by molar-refractivity contribution is 7.17. The number of nitrogens with one attached hydrogen (secondary N) is 2. The van der Waals surface area contributed by atoms with E-state index < -0.39 is 0 Å². The molecule has 0 saturated heterocycles. The molecule has 1 aromatic heterocycles. The molecule has 1 heterocycles. The molecule has 2 aromatic rings. The maximum atomic E-state index is 12.3. The van der Waals surface area contributed by atoms with Crippen LogP contribution in [-0.4, -0.2) is 45.2 Å². The summed E-state index contributed by atoms with van der Waals surface area (Å²) in [5.74, 6) is 1.23. The van der Waals surface area contributed by atoms with E-state index in [-0.39, 0.29) is 30.7 Å². The van der Waals surface area contributed by atoms with Crippen molar-refractivity contribution in [3.63, 3.8) is 0 Å². The van der Waals surface area contributed by atoms with Gasteiger partial charge in [0.1, 0.15) is 9.88 Å². The number of rotatable bonds is 8. The maximum Gasteiger partial charge on any atom is 0.263 e. The Hall–Kier alpha value is -1.54. The van der Waals surface area contributed by atoms with Gasteiger partial charge in [0.25, 0.3) is 5.91 Å². The van der Waals surface area contributed by atoms with E-state index in [9.17, 15) is 4.79 Å². The largest absolute Gasteiger partial charge is 0.493 e. The lowest BCUT2D eigenvalue weighted by molar-refractivity contribution is 0.0956. The Balaban J connectivity index is 0.00000312. The van der Waals surface area contributed by atoms with Gasteiger partial charge in [-0.1, -0.05) is 0 Å². The third-order valence-corrected chi connectivity index (χ3v) is 4.73. The predicted molar refractivity (Wildman–Crippen MR) is 111 cm³/mol. The van der Waals surface area contributed by atoms with Crippen molar-refractivity contribution in [2.24, 2.45) is 0 Å². The predicted octanol–water partition coefficient (Wildman–Crippen LogP) is 3.32. The molecule has 1 aromatic carbocycles. The van der Waals surface area contributed by atoms with Crippen LogP contribution in [0.5, 0.6) is 11.5 Å². The normalized spacial score (nSPS) is 9.69. The Bertz CT molecular complexity index is 711. The molecule has 26 heavy (non-hydrogen) atoms. The standard InChI is InChI=1S/C17H23N3O3S.2ClH/c1-11-15(16(21)19-9-5-8-18-2)24-17(20-11)12-6-7-13(22-3)14(10-12)23-4;;/h6-7,10,18H,5,8-9H2,1-4H3,(H,19,21);2*1H. The fourth-order valence-electron chi connectivity index (χ4n) is 2.25. The Morgan fingerprint density at radius 3 is 2.46 bits per heavy atom. The summed E-state index contributed by atoms with van der Waals surface area (Å²) in [5.41, 5.74) is 1.63. The third kappa shape index (κ3) is 6.02. The average Bonchev–Trinajstić information content (AvgIpc) is 2.99. The van der Waals surface area contributed by atoms with Gasteiger partial charge < -0.3 is 20.1 Å². The van der Waals surface area contributed by atoms with E-state index in [0.29, 0.717) is 22.9 Å². The molecule has 1 amide bonds. The molecule has 0 aliphatic rings. The fourth-order valence-corrected chi connectivity index (χ4v) is 3.23. The summed E-state index contributed by atoms with van der Waals surface area (Å²) >= 11 is 1.38. The van der Waals surface area contributed by atoms with Crippen molar-refractivity contribution in [2.75, 3.05) is 34.4 Å². The van der Waals surface area contributed by atoms with Gasteiger partial charge in [-0.05, 0) is 45.1 Å². The van der Waals surface area contributed by atoms with Gasteiger partial charge in [-0.3, -0.25) is 4.79 Å². The van der Waals surface area contributed by atoms with E-state index in [4.69, 9.17) is 9.47 Å². The molecule has 6 nitrogen and oxygen atoms in total. The Morgan fingerprint density at radius 2 is 1.85 bits per heavy atom. The monoisotopic (exact) mass is 421 g/mol. The molecule has 0 spiro atoms. The Labute approximate surface area is 170 Å². The number of thiazole rings is 1. The van der Waals surface area contributed by atoms with E-state index >= 15 is 0 Å². The molecule has 0 bridgehead atoms. The van der Waals surface area contributed by atoms with Gasteiger partial charge in [-0.25, -0.2) is 4.98 Å². The topological polar surface area (TPSA) is 72.5 Å². The first kappa shape index (κ1) is 24.5. The van der Waals surface area contributed by atoms with E-state index in [1.165, 1.54) is 11.3 Å². The summed E-state index contributed by atoms with van der Waals surface area (Å²) in [6.07, 6.45) is 0.891. The van der Waals surface area contributed by atoms with E-state index in [1.807, 2.05) is 32.2 Å². The maximum absolute atomic E-state index is 12.3. The molecule has 0 unspecified atom stereocenters. The number of benzene rings is 1. The molecule has 2 rings (SSSR count). The summed E-state index contributed by atoms with van der Waals surface area (Å²) in [6.45, 7) is 3.37. The number of amides is 1. The number of carbonyl (C=O) groups excluding carboxylic acids is 1. The zero-order chi connectivity index (χ0) is 17.5. The number of hydrogen-bond acceptors (Lipinski definition) is 6. The second-order valence-electron chi connectivity index (χ2n) is 5.22. The second-order valence-corrected chi connectivity index (χ2v) is 6.22. The van der Waals surface area contributed by atoms with Crippen molar-refractivity contribution < 1.29 is 14.3 Å². The smallest absolute Gasteiger partial charge is 0.263 e. The lowest BCUT2D eigenvalue weighted by atomic mass is 10.2. The minimum atomic E-state index is -0.0761. The van der Waals surface area contributed by atoms with E-state index in [2.05, 4.69) is 15.6 Å². The lowest BCUT2D eigenvalue weighted by Crippen LogP contribution is -2.26. The van der Waals surface area contributed by atoms with Crippen LogP contribution in [0.3, 0.4) is 0 Å². The molecular formula is C17H25Cl2N3O3S. The summed E-state index contributed by atoms with van der Waals surface area (Å²) in [4.78, 5) is 17.5. The highest BCUT2D eigenvalue weighted by Crippen LogP contribution is 2.34. The van der Waals surface area contributed by atoms with Gasteiger partial charge in [-0.2, -0.15) is 0 Å². The van der Waals surface area contributed by atoms with E-state index in [1.54, 1.807) is 14.2 Å². The SMILES string of the molecule is CNCCCNC(=O)c1sc(-c2ccc(OC)c(OC)c2)nc1C.Cl.Cl. The van der Waals surface area contributed by atoms with Crippen molar-refractivity contribution in [3.8, 4) is 22.1 Å². The zero-order valence-corrected chi connectivity index (χ0v) is 17.7. The number of nitrogens with zero attached hydrogens (tertiary/aromatic N) is 1. The number of hydrogen-bond donors (Lipinski definition) is 2. The van der Waals surface area contributed by atoms with Crippen LogP contribution >= 0.6 is 36.2 Å². The Kier molecular flexibility index (Phi) is 11.2. The number of methoxy groups -OCH3 is 2. The van der Waals surface area contributed by atoms with Crippen LogP contribution in [0.1, 0.15) is 21.8 Å². The summed E-state index contributed by atoms with van der Waals surface area (Å²) in [6, 6.07) is 5.61. The van der Waals surface area contributed by atoms with Gasteiger partial charge in [0.05, 0.1) is 19.9 Å². The minimum Gasteiger partial charge on any atom is -0.493 e. The summed E-state index contributed by atoms with van der Waals surface area (Å²) in [5, 5.41) is 6.77. The van der Waals surface area contributed by atoms with Gasteiger partial charge in [0, 0.05) is 12.1 Å². The first-order chi connectivity index (χ1) is 11.6. The van der Waals surface area contributed by atoms with Crippen LogP contribution in [0.15, 0.2) is 18.2 Å². The van der Waals surface area contributed by atoms with Crippen LogP contribution in [0.25, 0.3) is 10.6 Å². The van der Waals surface area contributed by atoms with E-state index in [0.717, 1.165) is 29.2 Å². The molecule has 146 valence electrons. The average molecular weight is 422 g/mol. The van der Waals surface area contributed by atoms with Gasteiger partial charge in [0.2, 0.25) is 0 Å². The van der Waals surface area contributed by atoms with Crippen molar-refractivity contribution in [1.82, 2.24) is 15.6 Å². The molecule has 0 radical (unpaired) electrons. The van der Waals surface area contributed by atoms with Crippen molar-refractivity contribution in [2.45, 2.75) is 13.3 Å². The first-order valence-electron chi connectivity index (χ1n) is 7.73. The van der Waals surface area contributed by atoms with Crippen LogP contribution < -0.4 is 20.1 Å². The molecule has 9 heteroatoms. The first-order valence-corrected chi connectivity index (χ1v) is 8.55. The molecular weight excluding hydrogens is 397 g/mol. The second kappa shape index (κ2) is 12.0. The van der Waals surface area contributed by atoms with Gasteiger partial charge in [0.15, 0.2) is 11.5 Å². The highest BCUT2D eigenvalue weighted by atomic mass is 35.5.